The number of nitrogens with one attached hydrogen (secondary N) is 1. The highest BCUT2D eigenvalue weighted by Gasteiger charge is 2.11. The molecular formula is C27H27BrN4O3. The van der Waals surface area contributed by atoms with Crippen LogP contribution >= 0.6 is 15.9 Å². The molecule has 0 saturated heterocycles. The number of carbonyl (C=O) groups is 1. The lowest BCUT2D eigenvalue weighted by molar-refractivity contribution is 0.0923. The minimum atomic E-state index is -0.432. The lowest BCUT2D eigenvalue weighted by Gasteiger charge is -2.14. The number of benzene rings is 2. The molecule has 2 aromatic carbocycles. The lowest BCUT2D eigenvalue weighted by Crippen LogP contribution is -2.16. The predicted octanol–water partition coefficient (Wildman–Crippen LogP) is 5.86. The molecule has 0 unspecified atom stereocenters. The van der Waals surface area contributed by atoms with Crippen LogP contribution in [0.4, 0.5) is 5.69 Å². The number of furan rings is 1. The number of anilines is 1. The van der Waals surface area contributed by atoms with Crippen molar-refractivity contribution in [3.8, 4) is 11.4 Å². The number of aromatic nitrogens is 1. The van der Waals surface area contributed by atoms with Crippen LogP contribution in [0, 0.1) is 13.8 Å². The summed E-state index contributed by atoms with van der Waals surface area (Å²) in [5.41, 5.74) is 7.83. The van der Waals surface area contributed by atoms with E-state index in [-0.39, 0.29) is 12.4 Å². The van der Waals surface area contributed by atoms with Gasteiger partial charge in [-0.15, -0.1) is 0 Å². The number of ether oxygens (including phenoxy) is 1. The second-order valence-corrected chi connectivity index (χ2v) is 9.16. The van der Waals surface area contributed by atoms with Gasteiger partial charge in [-0.3, -0.25) is 4.79 Å². The zero-order valence-electron chi connectivity index (χ0n) is 20.1. The van der Waals surface area contributed by atoms with Gasteiger partial charge in [-0.05, 0) is 96.0 Å². The van der Waals surface area contributed by atoms with Crippen LogP contribution in [0.2, 0.25) is 0 Å². The maximum Gasteiger partial charge on any atom is 0.307 e. The first-order chi connectivity index (χ1) is 16.8. The number of halogens is 1. The van der Waals surface area contributed by atoms with Crippen molar-refractivity contribution in [3.63, 3.8) is 0 Å². The van der Waals surface area contributed by atoms with Gasteiger partial charge in [0.15, 0.2) is 5.76 Å². The smallest absolute Gasteiger partial charge is 0.307 e. The van der Waals surface area contributed by atoms with E-state index in [1.165, 1.54) is 11.4 Å². The SMILES string of the molecule is Cc1ccc(C)n1-c1ccc(OCc2ccc(C(=O)N/N=C/c3ccc(N(C)C)c(Br)c3)o2)cc1. The first-order valence-corrected chi connectivity index (χ1v) is 11.9. The van der Waals surface area contributed by atoms with Gasteiger partial charge in [0.2, 0.25) is 0 Å². The molecular weight excluding hydrogens is 508 g/mol. The van der Waals surface area contributed by atoms with E-state index in [4.69, 9.17) is 9.15 Å². The fourth-order valence-electron chi connectivity index (χ4n) is 3.69. The molecule has 4 aromatic rings. The first kappa shape index (κ1) is 24.3. The van der Waals surface area contributed by atoms with Gasteiger partial charge < -0.3 is 18.6 Å². The number of hydrogen-bond acceptors (Lipinski definition) is 5. The van der Waals surface area contributed by atoms with Crippen molar-refractivity contribution in [2.45, 2.75) is 20.5 Å². The van der Waals surface area contributed by atoms with E-state index in [2.05, 4.69) is 57.0 Å². The minimum Gasteiger partial charge on any atom is -0.486 e. The molecule has 35 heavy (non-hydrogen) atoms. The molecule has 0 aliphatic rings. The molecule has 8 heteroatoms. The normalized spacial score (nSPS) is 11.1. The summed E-state index contributed by atoms with van der Waals surface area (Å²) >= 11 is 3.54. The van der Waals surface area contributed by atoms with Gasteiger partial charge in [-0.2, -0.15) is 5.10 Å². The summed E-state index contributed by atoms with van der Waals surface area (Å²) in [6.45, 7) is 4.37. The molecule has 0 fully saturated rings. The summed E-state index contributed by atoms with van der Waals surface area (Å²) < 4.78 is 14.6. The molecule has 1 amide bonds. The molecule has 0 aliphatic heterocycles. The molecule has 0 bridgehead atoms. The number of amides is 1. The van der Waals surface area contributed by atoms with E-state index in [0.29, 0.717) is 5.76 Å². The minimum absolute atomic E-state index is 0.166. The standard InChI is InChI=1S/C27H27BrN4O3/c1-18-5-6-19(2)32(18)21-8-10-22(11-9-21)34-17-23-12-14-26(35-23)27(33)30-29-16-20-7-13-25(31(3)4)24(28)15-20/h5-16H,17H2,1-4H3,(H,30,33)/b29-16+. The number of hydrogen-bond donors (Lipinski definition) is 1. The quantitative estimate of drug-likeness (QED) is 0.227. The maximum atomic E-state index is 12.4. The molecule has 0 atom stereocenters. The van der Waals surface area contributed by atoms with Gasteiger partial charge in [0.05, 0.1) is 11.9 Å². The second kappa shape index (κ2) is 10.7. The van der Waals surface area contributed by atoms with Crippen molar-refractivity contribution < 1.29 is 13.9 Å². The summed E-state index contributed by atoms with van der Waals surface area (Å²) in [4.78, 5) is 14.4. The Morgan fingerprint density at radius 3 is 2.43 bits per heavy atom. The van der Waals surface area contributed by atoms with Gasteiger partial charge >= 0.3 is 5.91 Å². The third-order valence-corrected chi connectivity index (χ3v) is 6.10. The topological polar surface area (TPSA) is 72.0 Å². The van der Waals surface area contributed by atoms with E-state index in [1.807, 2.05) is 61.5 Å². The average molecular weight is 535 g/mol. The van der Waals surface area contributed by atoms with Gasteiger partial charge in [-0.1, -0.05) is 6.07 Å². The van der Waals surface area contributed by atoms with Crippen LogP contribution < -0.4 is 15.1 Å². The van der Waals surface area contributed by atoms with Crippen LogP contribution in [-0.4, -0.2) is 30.8 Å². The van der Waals surface area contributed by atoms with Crippen LogP contribution in [0.25, 0.3) is 5.69 Å². The Kier molecular flexibility index (Phi) is 7.41. The van der Waals surface area contributed by atoms with Gasteiger partial charge in [0, 0.05) is 35.6 Å². The predicted molar refractivity (Wildman–Crippen MR) is 142 cm³/mol. The third-order valence-electron chi connectivity index (χ3n) is 5.47. The van der Waals surface area contributed by atoms with E-state index in [0.717, 1.165) is 27.2 Å². The zero-order valence-corrected chi connectivity index (χ0v) is 21.7. The Morgan fingerprint density at radius 2 is 1.77 bits per heavy atom. The van der Waals surface area contributed by atoms with Crippen LogP contribution in [0.15, 0.2) is 80.7 Å². The summed E-state index contributed by atoms with van der Waals surface area (Å²) in [5, 5.41) is 4.03. The molecule has 4 rings (SSSR count). The van der Waals surface area contributed by atoms with Crippen molar-refractivity contribution in [2.24, 2.45) is 5.10 Å². The molecule has 7 nitrogen and oxygen atoms in total. The highest BCUT2D eigenvalue weighted by molar-refractivity contribution is 9.10. The number of aryl methyl sites for hydroxylation is 2. The van der Waals surface area contributed by atoms with Gasteiger partial charge in [0.25, 0.3) is 0 Å². The maximum absolute atomic E-state index is 12.4. The number of nitrogens with zero attached hydrogens (tertiary/aromatic N) is 3. The summed E-state index contributed by atoms with van der Waals surface area (Å²) in [6.07, 6.45) is 1.58. The molecule has 0 radical (unpaired) electrons. The third kappa shape index (κ3) is 5.84. The number of hydrazone groups is 1. The van der Waals surface area contributed by atoms with Crippen molar-refractivity contribution in [1.82, 2.24) is 9.99 Å². The van der Waals surface area contributed by atoms with Crippen LogP contribution in [0.3, 0.4) is 0 Å². The Bertz CT molecular complexity index is 1330. The molecule has 180 valence electrons. The lowest BCUT2D eigenvalue weighted by atomic mass is 10.2. The monoisotopic (exact) mass is 534 g/mol. The summed E-state index contributed by atoms with van der Waals surface area (Å²) in [5.74, 6) is 0.996. The van der Waals surface area contributed by atoms with Crippen molar-refractivity contribution in [2.75, 3.05) is 19.0 Å². The number of carbonyl (C=O) groups excluding carboxylic acids is 1. The van der Waals surface area contributed by atoms with Gasteiger partial charge in [-0.25, -0.2) is 5.43 Å². The molecule has 1 N–H and O–H groups in total. The fraction of sp³-hybridized carbons (Fsp3) is 0.185. The Labute approximate surface area is 213 Å². The highest BCUT2D eigenvalue weighted by atomic mass is 79.9. The fourth-order valence-corrected chi connectivity index (χ4v) is 4.44. The van der Waals surface area contributed by atoms with Crippen molar-refractivity contribution in [3.05, 3.63) is 99.7 Å². The van der Waals surface area contributed by atoms with Crippen LogP contribution in [0.1, 0.15) is 33.3 Å². The van der Waals surface area contributed by atoms with Crippen molar-refractivity contribution >= 4 is 33.7 Å². The molecule has 2 aromatic heterocycles. The summed E-state index contributed by atoms with van der Waals surface area (Å²) in [6, 6.07) is 21.2. The Hall–Kier alpha value is -3.78. The molecule has 0 aliphatic carbocycles. The van der Waals surface area contributed by atoms with Gasteiger partial charge in [0.1, 0.15) is 18.1 Å². The van der Waals surface area contributed by atoms with E-state index >= 15 is 0 Å². The highest BCUT2D eigenvalue weighted by Crippen LogP contribution is 2.25. The Morgan fingerprint density at radius 1 is 1.06 bits per heavy atom. The average Bonchev–Trinajstić information content (AvgIpc) is 3.44. The van der Waals surface area contributed by atoms with E-state index < -0.39 is 5.91 Å². The Balaban J connectivity index is 1.31. The van der Waals surface area contributed by atoms with Crippen LogP contribution in [-0.2, 0) is 6.61 Å². The second-order valence-electron chi connectivity index (χ2n) is 8.30. The molecule has 0 spiro atoms. The largest absolute Gasteiger partial charge is 0.486 e. The van der Waals surface area contributed by atoms with E-state index in [9.17, 15) is 4.79 Å². The summed E-state index contributed by atoms with van der Waals surface area (Å²) in [7, 11) is 3.94. The zero-order chi connectivity index (χ0) is 24.9. The molecule has 0 saturated carbocycles. The van der Waals surface area contributed by atoms with E-state index in [1.54, 1.807) is 18.3 Å². The number of rotatable bonds is 8. The van der Waals surface area contributed by atoms with Crippen LogP contribution in [0.5, 0.6) is 5.75 Å². The first-order valence-electron chi connectivity index (χ1n) is 11.1. The van der Waals surface area contributed by atoms with Crippen molar-refractivity contribution in [1.29, 1.82) is 0 Å². The molecule has 2 heterocycles.